The number of aliphatic imine (C=N–C) groups is 1. The van der Waals surface area contributed by atoms with Crippen LogP contribution in [0.15, 0.2) is 41.8 Å². The molecule has 1 aliphatic heterocycles. The van der Waals surface area contributed by atoms with Gasteiger partial charge >= 0.3 is 0 Å². The average Bonchev–Trinajstić information content (AvgIpc) is 3.43. The van der Waals surface area contributed by atoms with Crippen LogP contribution >= 0.6 is 24.0 Å². The molecule has 0 aromatic carbocycles. The van der Waals surface area contributed by atoms with Crippen LogP contribution in [-0.4, -0.2) is 61.9 Å². The Morgan fingerprint density at radius 3 is 3.00 bits per heavy atom. The summed E-state index contributed by atoms with van der Waals surface area (Å²) in [4.78, 5) is 6.85. The Morgan fingerprint density at radius 2 is 2.21 bits per heavy atom. The van der Waals surface area contributed by atoms with Crippen LogP contribution < -0.4 is 5.32 Å². The number of aromatic nitrogens is 5. The lowest BCUT2D eigenvalue weighted by molar-refractivity contribution is 0.459. The van der Waals surface area contributed by atoms with Gasteiger partial charge in [0.15, 0.2) is 11.6 Å². The maximum absolute atomic E-state index is 4.48. The second-order valence-electron chi connectivity index (χ2n) is 7.45. The summed E-state index contributed by atoms with van der Waals surface area (Å²) >= 11 is 0. The van der Waals surface area contributed by atoms with Gasteiger partial charge in [0.25, 0.3) is 0 Å². The molecule has 3 aromatic rings. The second kappa shape index (κ2) is 10.0. The lowest BCUT2D eigenvalue weighted by Gasteiger charge is -2.21. The molecule has 0 aliphatic carbocycles. The minimum absolute atomic E-state index is 0. The molecular formula is C20H29IN8. The molecule has 1 unspecified atom stereocenters. The van der Waals surface area contributed by atoms with Gasteiger partial charge in [-0.25, -0.2) is 0 Å². The van der Waals surface area contributed by atoms with E-state index in [0.717, 1.165) is 56.3 Å². The second-order valence-corrected chi connectivity index (χ2v) is 7.45. The van der Waals surface area contributed by atoms with Gasteiger partial charge in [-0.3, -0.25) is 14.1 Å². The summed E-state index contributed by atoms with van der Waals surface area (Å²) in [5.74, 6) is 2.66. The van der Waals surface area contributed by atoms with Crippen LogP contribution in [0.25, 0.3) is 5.65 Å². The maximum Gasteiger partial charge on any atom is 0.193 e. The Balaban J connectivity index is 0.00000240. The van der Waals surface area contributed by atoms with Crippen molar-refractivity contribution in [3.8, 4) is 0 Å². The third-order valence-electron chi connectivity index (χ3n) is 5.32. The van der Waals surface area contributed by atoms with Crippen LogP contribution in [-0.2, 0) is 19.9 Å². The number of halogens is 1. The van der Waals surface area contributed by atoms with E-state index in [1.54, 1.807) is 0 Å². The lowest BCUT2D eigenvalue weighted by Crippen LogP contribution is -2.40. The highest BCUT2D eigenvalue weighted by Crippen LogP contribution is 2.20. The fraction of sp³-hybridized carbons (Fsp3) is 0.500. The van der Waals surface area contributed by atoms with Crippen LogP contribution in [0.2, 0.25) is 0 Å². The monoisotopic (exact) mass is 508 g/mol. The molecule has 1 atom stereocenters. The summed E-state index contributed by atoms with van der Waals surface area (Å²) in [6.07, 6.45) is 10.3. The number of hydrogen-bond acceptors (Lipinski definition) is 4. The van der Waals surface area contributed by atoms with E-state index >= 15 is 0 Å². The molecule has 1 fully saturated rings. The smallest absolute Gasteiger partial charge is 0.193 e. The topological polar surface area (TPSA) is 75.6 Å². The van der Waals surface area contributed by atoms with Crippen molar-refractivity contribution in [3.05, 3.63) is 48.2 Å². The van der Waals surface area contributed by atoms with E-state index in [9.17, 15) is 0 Å². The van der Waals surface area contributed by atoms with Gasteiger partial charge in [-0.1, -0.05) is 6.07 Å². The van der Waals surface area contributed by atoms with Gasteiger partial charge in [0.1, 0.15) is 5.82 Å². The van der Waals surface area contributed by atoms with Gasteiger partial charge < -0.3 is 10.2 Å². The number of likely N-dealkylation sites (tertiary alicyclic amines) is 1. The normalized spacial score (nSPS) is 17.0. The van der Waals surface area contributed by atoms with Crippen LogP contribution in [0.3, 0.4) is 0 Å². The number of nitrogens with one attached hydrogen (secondary N) is 1. The minimum atomic E-state index is 0. The summed E-state index contributed by atoms with van der Waals surface area (Å²) in [6.45, 7) is 2.97. The van der Waals surface area contributed by atoms with Gasteiger partial charge in [0, 0.05) is 52.5 Å². The number of pyridine rings is 1. The van der Waals surface area contributed by atoms with E-state index in [2.05, 4.69) is 41.1 Å². The molecule has 1 aliphatic rings. The number of nitrogens with zero attached hydrogens (tertiary/aromatic N) is 7. The summed E-state index contributed by atoms with van der Waals surface area (Å²) in [5, 5.41) is 16.3. The first-order chi connectivity index (χ1) is 13.7. The molecule has 4 heterocycles. The Bertz CT molecular complexity index is 947. The van der Waals surface area contributed by atoms with Crippen molar-refractivity contribution in [2.24, 2.45) is 18.0 Å². The summed E-state index contributed by atoms with van der Waals surface area (Å²) in [7, 11) is 3.83. The molecular weight excluding hydrogens is 479 g/mol. The summed E-state index contributed by atoms with van der Waals surface area (Å²) in [5.41, 5.74) is 2.22. The van der Waals surface area contributed by atoms with E-state index in [1.807, 2.05) is 49.4 Å². The highest BCUT2D eigenvalue weighted by molar-refractivity contribution is 14.0. The van der Waals surface area contributed by atoms with Crippen molar-refractivity contribution in [2.45, 2.75) is 25.7 Å². The third kappa shape index (κ3) is 5.26. The van der Waals surface area contributed by atoms with E-state index in [4.69, 9.17) is 0 Å². The molecule has 4 rings (SSSR count). The van der Waals surface area contributed by atoms with E-state index < -0.39 is 0 Å². The minimum Gasteiger partial charge on any atom is -0.356 e. The van der Waals surface area contributed by atoms with E-state index in [1.165, 1.54) is 12.0 Å². The van der Waals surface area contributed by atoms with Crippen molar-refractivity contribution in [3.63, 3.8) is 0 Å². The molecule has 0 saturated carbocycles. The number of guanidine groups is 1. The zero-order chi connectivity index (χ0) is 19.3. The highest BCUT2D eigenvalue weighted by Gasteiger charge is 2.25. The van der Waals surface area contributed by atoms with Gasteiger partial charge in [-0.2, -0.15) is 5.10 Å². The first kappa shape index (κ1) is 21.5. The fourth-order valence-corrected chi connectivity index (χ4v) is 3.94. The quantitative estimate of drug-likeness (QED) is 0.239. The standard InChI is InChI=1S/C20H28N8.HI/c1-21-20(27-11-8-16(15-27)12-17-13-23-26(2)14-17)22-9-5-7-19-25-24-18-6-3-4-10-28(18)19;/h3-4,6,10,13-14,16H,5,7-9,11-12,15H2,1-2H3,(H,21,22);1H. The van der Waals surface area contributed by atoms with Gasteiger partial charge in [0.05, 0.1) is 6.20 Å². The van der Waals surface area contributed by atoms with Crippen molar-refractivity contribution in [1.29, 1.82) is 0 Å². The summed E-state index contributed by atoms with van der Waals surface area (Å²) in [6, 6.07) is 5.97. The van der Waals surface area contributed by atoms with Crippen molar-refractivity contribution >= 4 is 35.6 Å². The highest BCUT2D eigenvalue weighted by atomic mass is 127. The van der Waals surface area contributed by atoms with Crippen LogP contribution in [0.1, 0.15) is 24.2 Å². The Labute approximate surface area is 188 Å². The first-order valence-electron chi connectivity index (χ1n) is 9.94. The Kier molecular flexibility index (Phi) is 7.45. The largest absolute Gasteiger partial charge is 0.356 e. The molecule has 1 N–H and O–H groups in total. The molecule has 29 heavy (non-hydrogen) atoms. The fourth-order valence-electron chi connectivity index (χ4n) is 3.94. The Morgan fingerprint density at radius 1 is 1.31 bits per heavy atom. The molecule has 8 nitrogen and oxygen atoms in total. The zero-order valence-corrected chi connectivity index (χ0v) is 19.4. The SMILES string of the molecule is CN=C(NCCCc1nnc2ccccn12)N1CCC(Cc2cnn(C)c2)C1.I. The van der Waals surface area contributed by atoms with E-state index in [0.29, 0.717) is 5.92 Å². The molecule has 3 aromatic heterocycles. The van der Waals surface area contributed by atoms with Crippen LogP contribution in [0.4, 0.5) is 0 Å². The van der Waals surface area contributed by atoms with Crippen molar-refractivity contribution < 1.29 is 0 Å². The molecule has 0 amide bonds. The maximum atomic E-state index is 4.48. The number of fused-ring (bicyclic) bond motifs is 1. The zero-order valence-electron chi connectivity index (χ0n) is 17.0. The Hall–Kier alpha value is -2.17. The molecule has 1 saturated heterocycles. The van der Waals surface area contributed by atoms with Gasteiger partial charge in [-0.15, -0.1) is 34.2 Å². The summed E-state index contributed by atoms with van der Waals surface area (Å²) < 4.78 is 3.93. The third-order valence-corrected chi connectivity index (χ3v) is 5.32. The molecule has 0 radical (unpaired) electrons. The molecule has 9 heteroatoms. The lowest BCUT2D eigenvalue weighted by atomic mass is 10.0. The first-order valence-corrected chi connectivity index (χ1v) is 9.94. The van der Waals surface area contributed by atoms with Gasteiger partial charge in [-0.05, 0) is 42.9 Å². The number of rotatable bonds is 6. The molecule has 0 bridgehead atoms. The predicted molar refractivity (Wildman–Crippen MR) is 125 cm³/mol. The van der Waals surface area contributed by atoms with E-state index in [-0.39, 0.29) is 24.0 Å². The average molecular weight is 508 g/mol. The predicted octanol–water partition coefficient (Wildman–Crippen LogP) is 2.15. The molecule has 0 spiro atoms. The number of aryl methyl sites for hydroxylation is 2. The van der Waals surface area contributed by atoms with Gasteiger partial charge in [0.2, 0.25) is 0 Å². The van der Waals surface area contributed by atoms with Crippen molar-refractivity contribution in [2.75, 3.05) is 26.7 Å². The molecule has 156 valence electrons. The van der Waals surface area contributed by atoms with Crippen LogP contribution in [0.5, 0.6) is 0 Å². The number of hydrogen-bond donors (Lipinski definition) is 1. The van der Waals surface area contributed by atoms with Crippen molar-refractivity contribution in [1.82, 2.24) is 34.6 Å². The van der Waals surface area contributed by atoms with Crippen LogP contribution in [0, 0.1) is 5.92 Å².